The van der Waals surface area contributed by atoms with E-state index >= 15 is 0 Å². The lowest BCUT2D eigenvalue weighted by atomic mass is 9.83. The van der Waals surface area contributed by atoms with E-state index in [0.717, 1.165) is 6.42 Å². The molecule has 0 unspecified atom stereocenters. The van der Waals surface area contributed by atoms with Crippen molar-refractivity contribution in [3.8, 4) is 0 Å². The third-order valence-corrected chi connectivity index (χ3v) is 10.8. The number of aliphatic hydroxyl groups is 1. The number of allylic oxidation sites excluding steroid dienone is 2. The largest absolute Gasteiger partial charge is 0.407 e. The van der Waals surface area contributed by atoms with Crippen molar-refractivity contribution < 1.29 is 14.3 Å². The van der Waals surface area contributed by atoms with E-state index in [-0.39, 0.29) is 29.3 Å². The van der Waals surface area contributed by atoms with Gasteiger partial charge in [0.1, 0.15) is 0 Å². The van der Waals surface area contributed by atoms with Crippen LogP contribution in [0.1, 0.15) is 27.2 Å². The van der Waals surface area contributed by atoms with Gasteiger partial charge in [-0.2, -0.15) is 0 Å². The van der Waals surface area contributed by atoms with Gasteiger partial charge in [0.25, 0.3) is 8.32 Å². The highest BCUT2D eigenvalue weighted by Gasteiger charge is 2.50. The quantitative estimate of drug-likeness (QED) is 0.765. The highest BCUT2D eigenvalue weighted by atomic mass is 28.4. The topological polar surface area (TPSA) is 46.5 Å². The van der Waals surface area contributed by atoms with Crippen LogP contribution in [-0.2, 0) is 9.22 Å². The van der Waals surface area contributed by atoms with Crippen LogP contribution in [0.5, 0.6) is 0 Å². The lowest BCUT2D eigenvalue weighted by Gasteiger charge is -2.44. The Balaban J connectivity index is 2.04. The smallest absolute Gasteiger partial charge is 0.261 e. The molecule has 0 aromatic heterocycles. The average Bonchev–Trinajstić information content (AvgIpc) is 2.69. The van der Waals surface area contributed by atoms with Crippen molar-refractivity contribution in [2.24, 2.45) is 11.8 Å². The number of carbonyl (C=O) groups excluding carboxylic acids is 1. The molecule has 28 heavy (non-hydrogen) atoms. The van der Waals surface area contributed by atoms with Gasteiger partial charge in [-0.05, 0) is 33.8 Å². The maximum absolute atomic E-state index is 12.2. The Morgan fingerprint density at radius 1 is 1.00 bits per heavy atom. The van der Waals surface area contributed by atoms with Gasteiger partial charge in [0.05, 0.1) is 12.5 Å². The van der Waals surface area contributed by atoms with Gasteiger partial charge in [0, 0.05) is 6.61 Å². The summed E-state index contributed by atoms with van der Waals surface area (Å²) in [7, 11) is -2.61. The molecule has 0 spiro atoms. The molecule has 0 bridgehead atoms. The Hall–Kier alpha value is -2.01. The number of hydrogen-bond donors (Lipinski definition) is 1. The molecule has 4 heteroatoms. The number of benzene rings is 2. The molecule has 0 aliphatic heterocycles. The average molecular weight is 395 g/mol. The van der Waals surface area contributed by atoms with Gasteiger partial charge >= 0.3 is 0 Å². The van der Waals surface area contributed by atoms with Gasteiger partial charge in [-0.1, -0.05) is 87.5 Å². The SMILES string of the molecule is CC(C)(C)[Si](OC[C@H]1CC=CC(=O)[C@@H]1CO)(c1ccccc1)c1ccccc1. The molecule has 0 fully saturated rings. The normalized spacial score (nSPS) is 20.4. The molecule has 2 aromatic rings. The minimum Gasteiger partial charge on any atom is -0.407 e. The summed E-state index contributed by atoms with van der Waals surface area (Å²) >= 11 is 0. The Kier molecular flexibility index (Phi) is 6.33. The van der Waals surface area contributed by atoms with E-state index in [1.165, 1.54) is 10.4 Å². The highest BCUT2D eigenvalue weighted by Crippen LogP contribution is 2.37. The summed E-state index contributed by atoms with van der Waals surface area (Å²) < 4.78 is 6.93. The van der Waals surface area contributed by atoms with Crippen molar-refractivity contribution in [1.29, 1.82) is 0 Å². The number of hydrogen-bond acceptors (Lipinski definition) is 3. The van der Waals surface area contributed by atoms with Crippen LogP contribution in [0.4, 0.5) is 0 Å². The highest BCUT2D eigenvalue weighted by molar-refractivity contribution is 6.99. The number of rotatable bonds is 6. The van der Waals surface area contributed by atoms with Crippen molar-refractivity contribution in [1.82, 2.24) is 0 Å². The molecule has 0 radical (unpaired) electrons. The van der Waals surface area contributed by atoms with E-state index < -0.39 is 8.32 Å². The van der Waals surface area contributed by atoms with Gasteiger partial charge in [-0.25, -0.2) is 0 Å². The molecule has 148 valence electrons. The Morgan fingerprint density at radius 2 is 1.54 bits per heavy atom. The predicted octanol–water partition coefficient (Wildman–Crippen LogP) is 3.32. The molecule has 0 amide bonds. The van der Waals surface area contributed by atoms with Crippen molar-refractivity contribution in [3.63, 3.8) is 0 Å². The second-order valence-electron chi connectivity index (χ2n) is 8.56. The van der Waals surface area contributed by atoms with Crippen LogP contribution in [0.3, 0.4) is 0 Å². The fraction of sp³-hybridized carbons (Fsp3) is 0.375. The second kappa shape index (κ2) is 8.56. The molecule has 0 saturated heterocycles. The molecular formula is C24H30O3Si. The summed E-state index contributed by atoms with van der Waals surface area (Å²) in [6.45, 7) is 7.07. The van der Waals surface area contributed by atoms with Crippen molar-refractivity contribution in [2.75, 3.05) is 13.2 Å². The summed E-state index contributed by atoms with van der Waals surface area (Å²) in [5.41, 5.74) is 0. The lowest BCUT2D eigenvalue weighted by Crippen LogP contribution is -2.67. The van der Waals surface area contributed by atoms with Crippen LogP contribution < -0.4 is 10.4 Å². The lowest BCUT2D eigenvalue weighted by molar-refractivity contribution is -0.122. The minimum atomic E-state index is -2.61. The van der Waals surface area contributed by atoms with Crippen LogP contribution in [0.2, 0.25) is 5.04 Å². The van der Waals surface area contributed by atoms with Crippen LogP contribution in [0, 0.1) is 11.8 Å². The Bertz CT molecular complexity index is 769. The number of aliphatic hydroxyl groups excluding tert-OH is 1. The van der Waals surface area contributed by atoms with Crippen LogP contribution in [0.25, 0.3) is 0 Å². The maximum atomic E-state index is 12.2. The van der Waals surface area contributed by atoms with E-state index in [2.05, 4.69) is 69.3 Å². The van der Waals surface area contributed by atoms with Gasteiger partial charge in [-0.3, -0.25) is 4.79 Å². The standard InChI is InChI=1S/C24H30O3Si/c1-24(2,3)28(20-12-6-4-7-13-20,21-14-8-5-9-15-21)27-18-19-11-10-16-23(26)22(19)17-25/h4-10,12-16,19,22,25H,11,17-18H2,1-3H3/t19-,22-/m1/s1. The zero-order valence-electron chi connectivity index (χ0n) is 17.0. The van der Waals surface area contributed by atoms with Gasteiger partial charge in [-0.15, -0.1) is 0 Å². The Morgan fingerprint density at radius 3 is 2.00 bits per heavy atom. The van der Waals surface area contributed by atoms with E-state index in [0.29, 0.717) is 6.61 Å². The minimum absolute atomic E-state index is 0.00384. The van der Waals surface area contributed by atoms with E-state index in [1.807, 2.05) is 18.2 Å². The molecule has 3 rings (SSSR count). The fourth-order valence-corrected chi connectivity index (χ4v) is 8.92. The van der Waals surface area contributed by atoms with Crippen molar-refractivity contribution in [2.45, 2.75) is 32.2 Å². The third-order valence-electron chi connectivity index (χ3n) is 5.78. The maximum Gasteiger partial charge on any atom is 0.261 e. The molecule has 1 aliphatic carbocycles. The molecule has 3 nitrogen and oxygen atoms in total. The van der Waals surface area contributed by atoms with Crippen molar-refractivity contribution >= 4 is 24.5 Å². The Labute approximate surface area is 169 Å². The molecular weight excluding hydrogens is 364 g/mol. The van der Waals surface area contributed by atoms with Crippen LogP contribution >= 0.6 is 0 Å². The fourth-order valence-electron chi connectivity index (χ4n) is 4.30. The summed E-state index contributed by atoms with van der Waals surface area (Å²) in [4.78, 5) is 12.2. The van der Waals surface area contributed by atoms with Gasteiger partial charge in [0.2, 0.25) is 0 Å². The van der Waals surface area contributed by atoms with Crippen molar-refractivity contribution in [3.05, 3.63) is 72.8 Å². The first-order valence-corrected chi connectivity index (χ1v) is 11.9. The molecule has 1 aliphatic rings. The number of ketones is 1. The monoisotopic (exact) mass is 394 g/mol. The first-order chi connectivity index (χ1) is 13.4. The summed E-state index contributed by atoms with van der Waals surface area (Å²) in [6, 6.07) is 21.0. The summed E-state index contributed by atoms with van der Waals surface area (Å²) in [5.74, 6) is -0.364. The predicted molar refractivity (Wildman–Crippen MR) is 116 cm³/mol. The molecule has 0 heterocycles. The molecule has 0 saturated carbocycles. The zero-order valence-corrected chi connectivity index (χ0v) is 18.0. The zero-order chi connectivity index (χ0) is 20.2. The first kappa shape index (κ1) is 20.7. The van der Waals surface area contributed by atoms with Crippen LogP contribution in [0.15, 0.2) is 72.8 Å². The van der Waals surface area contributed by atoms with E-state index in [1.54, 1.807) is 6.08 Å². The van der Waals surface area contributed by atoms with Crippen LogP contribution in [-0.4, -0.2) is 32.4 Å². The molecule has 2 aromatic carbocycles. The van der Waals surface area contributed by atoms with E-state index in [9.17, 15) is 9.90 Å². The first-order valence-electron chi connectivity index (χ1n) is 9.96. The summed E-state index contributed by atoms with van der Waals surface area (Å²) in [6.07, 6.45) is 4.27. The molecule has 2 atom stereocenters. The molecule has 1 N–H and O–H groups in total. The second-order valence-corrected chi connectivity index (χ2v) is 12.9. The van der Waals surface area contributed by atoms with Gasteiger partial charge < -0.3 is 9.53 Å². The summed E-state index contributed by atoms with van der Waals surface area (Å²) in [5, 5.41) is 12.1. The third kappa shape index (κ3) is 3.90. The number of carbonyl (C=O) groups is 1. The van der Waals surface area contributed by atoms with E-state index in [4.69, 9.17) is 4.43 Å². The van der Waals surface area contributed by atoms with Gasteiger partial charge in [0.15, 0.2) is 5.78 Å².